The highest BCUT2D eigenvalue weighted by molar-refractivity contribution is 5.40. The SMILES string of the molecule is Cc1c(N)noc1C1CCC(F)(F)C1. The maximum atomic E-state index is 12.9. The molecule has 3 nitrogen and oxygen atoms in total. The molecule has 0 saturated heterocycles. The molecule has 2 N–H and O–H groups in total. The molecule has 78 valence electrons. The summed E-state index contributed by atoms with van der Waals surface area (Å²) in [5, 5.41) is 3.57. The molecule has 1 fully saturated rings. The van der Waals surface area contributed by atoms with Gasteiger partial charge in [0.2, 0.25) is 5.92 Å². The molecule has 0 bridgehead atoms. The van der Waals surface area contributed by atoms with Gasteiger partial charge in [-0.25, -0.2) is 8.78 Å². The molecule has 14 heavy (non-hydrogen) atoms. The summed E-state index contributed by atoms with van der Waals surface area (Å²) in [5.74, 6) is -1.96. The van der Waals surface area contributed by atoms with E-state index in [0.29, 0.717) is 23.6 Å². The normalized spacial score (nSPS) is 25.5. The molecule has 1 aliphatic carbocycles. The molecule has 0 radical (unpaired) electrons. The summed E-state index contributed by atoms with van der Waals surface area (Å²) in [4.78, 5) is 0. The fourth-order valence-electron chi connectivity index (χ4n) is 1.92. The van der Waals surface area contributed by atoms with E-state index >= 15 is 0 Å². The number of alkyl halides is 2. The number of aromatic nitrogens is 1. The van der Waals surface area contributed by atoms with Gasteiger partial charge in [0, 0.05) is 24.3 Å². The van der Waals surface area contributed by atoms with Gasteiger partial charge >= 0.3 is 0 Å². The Hall–Kier alpha value is -1.13. The van der Waals surface area contributed by atoms with Crippen LogP contribution in [0.25, 0.3) is 0 Å². The first-order valence-electron chi connectivity index (χ1n) is 4.59. The van der Waals surface area contributed by atoms with Crippen LogP contribution >= 0.6 is 0 Å². The Morgan fingerprint density at radius 2 is 2.29 bits per heavy atom. The summed E-state index contributed by atoms with van der Waals surface area (Å²) in [7, 11) is 0. The lowest BCUT2D eigenvalue weighted by molar-refractivity contribution is 0.00704. The summed E-state index contributed by atoms with van der Waals surface area (Å²) in [6.07, 6.45) is 0.225. The van der Waals surface area contributed by atoms with Crippen molar-refractivity contribution in [3.05, 3.63) is 11.3 Å². The van der Waals surface area contributed by atoms with Gasteiger partial charge in [0.05, 0.1) is 0 Å². The van der Waals surface area contributed by atoms with Crippen molar-refractivity contribution in [1.82, 2.24) is 5.16 Å². The maximum Gasteiger partial charge on any atom is 0.248 e. The van der Waals surface area contributed by atoms with Crippen molar-refractivity contribution in [3.63, 3.8) is 0 Å². The molecule has 1 saturated carbocycles. The summed E-state index contributed by atoms with van der Waals surface area (Å²) in [5.41, 5.74) is 6.19. The topological polar surface area (TPSA) is 52.0 Å². The van der Waals surface area contributed by atoms with Crippen molar-refractivity contribution in [1.29, 1.82) is 0 Å². The monoisotopic (exact) mass is 202 g/mol. The van der Waals surface area contributed by atoms with E-state index in [1.807, 2.05) is 0 Å². The number of halogens is 2. The molecule has 1 heterocycles. The zero-order valence-electron chi connectivity index (χ0n) is 7.89. The van der Waals surface area contributed by atoms with Crippen LogP contribution in [0.5, 0.6) is 0 Å². The van der Waals surface area contributed by atoms with Crippen molar-refractivity contribution < 1.29 is 13.3 Å². The van der Waals surface area contributed by atoms with E-state index in [1.54, 1.807) is 6.92 Å². The highest BCUT2D eigenvalue weighted by Gasteiger charge is 2.42. The zero-order chi connectivity index (χ0) is 10.3. The van der Waals surface area contributed by atoms with Crippen LogP contribution in [0.4, 0.5) is 14.6 Å². The molecule has 0 aromatic carbocycles. The molecule has 0 spiro atoms. The maximum absolute atomic E-state index is 12.9. The van der Waals surface area contributed by atoms with E-state index in [2.05, 4.69) is 5.16 Å². The first-order chi connectivity index (χ1) is 6.49. The quantitative estimate of drug-likeness (QED) is 0.761. The lowest BCUT2D eigenvalue weighted by Crippen LogP contribution is -2.09. The standard InChI is InChI=1S/C9H12F2N2O/c1-5-7(14-13-8(5)12)6-2-3-9(10,11)4-6/h6H,2-4H2,1H3,(H2,12,13). The van der Waals surface area contributed by atoms with Gasteiger partial charge in [0.1, 0.15) is 5.76 Å². The molecule has 5 heteroatoms. The third kappa shape index (κ3) is 1.47. The van der Waals surface area contributed by atoms with E-state index in [-0.39, 0.29) is 18.8 Å². The lowest BCUT2D eigenvalue weighted by Gasteiger charge is -2.07. The van der Waals surface area contributed by atoms with E-state index in [9.17, 15) is 8.78 Å². The molecule has 1 aliphatic rings. The van der Waals surface area contributed by atoms with Crippen LogP contribution in [0.3, 0.4) is 0 Å². The van der Waals surface area contributed by atoms with E-state index in [0.717, 1.165) is 0 Å². The second-order valence-electron chi connectivity index (χ2n) is 3.85. The summed E-state index contributed by atoms with van der Waals surface area (Å²) in [6.45, 7) is 1.75. The third-order valence-corrected chi connectivity index (χ3v) is 2.77. The molecular formula is C9H12F2N2O. The Morgan fingerprint density at radius 1 is 1.57 bits per heavy atom. The molecule has 0 aliphatic heterocycles. The number of nitrogen functional groups attached to an aromatic ring is 1. The Kier molecular flexibility index (Phi) is 1.97. The predicted octanol–water partition coefficient (Wildman–Crippen LogP) is 2.47. The van der Waals surface area contributed by atoms with Crippen molar-refractivity contribution in [2.75, 3.05) is 5.73 Å². The smallest absolute Gasteiger partial charge is 0.248 e. The van der Waals surface area contributed by atoms with Gasteiger partial charge < -0.3 is 10.3 Å². The van der Waals surface area contributed by atoms with Crippen molar-refractivity contribution in [2.24, 2.45) is 0 Å². The van der Waals surface area contributed by atoms with E-state index in [4.69, 9.17) is 10.3 Å². The molecule has 1 unspecified atom stereocenters. The summed E-state index contributed by atoms with van der Waals surface area (Å²) < 4.78 is 30.8. The molecule has 1 aromatic heterocycles. The lowest BCUT2D eigenvalue weighted by atomic mass is 10.0. The third-order valence-electron chi connectivity index (χ3n) is 2.77. The number of hydrogen-bond donors (Lipinski definition) is 1. The average molecular weight is 202 g/mol. The summed E-state index contributed by atoms with van der Waals surface area (Å²) >= 11 is 0. The first kappa shape index (κ1) is 9.43. The first-order valence-corrected chi connectivity index (χ1v) is 4.59. The highest BCUT2D eigenvalue weighted by Crippen LogP contribution is 2.45. The number of rotatable bonds is 1. The van der Waals surface area contributed by atoms with Crippen LogP contribution in [0.2, 0.25) is 0 Å². The molecule has 1 atom stereocenters. The Bertz CT molecular complexity index is 349. The minimum Gasteiger partial charge on any atom is -0.381 e. The molecule has 0 amide bonds. The number of hydrogen-bond acceptors (Lipinski definition) is 3. The van der Waals surface area contributed by atoms with Crippen LogP contribution in [-0.4, -0.2) is 11.1 Å². The zero-order valence-corrected chi connectivity index (χ0v) is 7.89. The van der Waals surface area contributed by atoms with Gasteiger partial charge in [0.15, 0.2) is 5.82 Å². The van der Waals surface area contributed by atoms with Crippen LogP contribution in [-0.2, 0) is 0 Å². The van der Waals surface area contributed by atoms with Crippen LogP contribution in [0, 0.1) is 6.92 Å². The minimum atomic E-state index is -2.56. The van der Waals surface area contributed by atoms with Gasteiger partial charge in [0.25, 0.3) is 0 Å². The fraction of sp³-hybridized carbons (Fsp3) is 0.667. The Labute approximate surface area is 80.3 Å². The van der Waals surface area contributed by atoms with Crippen molar-refractivity contribution >= 4 is 5.82 Å². The second-order valence-corrected chi connectivity index (χ2v) is 3.85. The van der Waals surface area contributed by atoms with Gasteiger partial charge in [-0.05, 0) is 13.3 Å². The largest absolute Gasteiger partial charge is 0.381 e. The molecule has 1 aromatic rings. The van der Waals surface area contributed by atoms with Crippen LogP contribution in [0.1, 0.15) is 36.5 Å². The van der Waals surface area contributed by atoms with E-state index in [1.165, 1.54) is 0 Å². The fourth-order valence-corrected chi connectivity index (χ4v) is 1.92. The Morgan fingerprint density at radius 3 is 2.71 bits per heavy atom. The van der Waals surface area contributed by atoms with Crippen LogP contribution < -0.4 is 5.73 Å². The second kappa shape index (κ2) is 2.93. The van der Waals surface area contributed by atoms with Gasteiger partial charge in [-0.2, -0.15) is 0 Å². The van der Waals surface area contributed by atoms with Crippen LogP contribution in [0.15, 0.2) is 4.52 Å². The molecule has 2 rings (SSSR count). The highest BCUT2D eigenvalue weighted by atomic mass is 19.3. The average Bonchev–Trinajstić information content (AvgIpc) is 2.59. The number of nitrogens with two attached hydrogens (primary N) is 1. The van der Waals surface area contributed by atoms with Gasteiger partial charge in [-0.3, -0.25) is 0 Å². The minimum absolute atomic E-state index is 0.0717. The number of anilines is 1. The van der Waals surface area contributed by atoms with E-state index < -0.39 is 5.92 Å². The van der Waals surface area contributed by atoms with Crippen molar-refractivity contribution in [3.8, 4) is 0 Å². The number of nitrogens with zero attached hydrogens (tertiary/aromatic N) is 1. The Balaban J connectivity index is 2.22. The summed E-state index contributed by atoms with van der Waals surface area (Å²) in [6, 6.07) is 0. The van der Waals surface area contributed by atoms with Gasteiger partial charge in [-0.15, -0.1) is 0 Å². The van der Waals surface area contributed by atoms with Gasteiger partial charge in [-0.1, -0.05) is 5.16 Å². The molecular weight excluding hydrogens is 190 g/mol. The van der Waals surface area contributed by atoms with Crippen molar-refractivity contribution in [2.45, 2.75) is 38.0 Å². The predicted molar refractivity (Wildman–Crippen MR) is 47.2 cm³/mol.